The number of rotatable bonds is 6. The second-order valence-corrected chi connectivity index (χ2v) is 7.26. The molecule has 0 amide bonds. The van der Waals surface area contributed by atoms with Gasteiger partial charge in [-0.05, 0) is 44.4 Å². The van der Waals surface area contributed by atoms with Crippen molar-refractivity contribution < 1.29 is 4.74 Å². The summed E-state index contributed by atoms with van der Waals surface area (Å²) in [6.07, 6.45) is 1.93. The molecular weight excluding hydrogens is 340 g/mol. The zero-order valence-electron chi connectivity index (χ0n) is 15.9. The van der Waals surface area contributed by atoms with Crippen LogP contribution in [0.2, 0.25) is 0 Å². The van der Waals surface area contributed by atoms with Gasteiger partial charge in [0.25, 0.3) is 0 Å². The first-order chi connectivity index (χ1) is 13.2. The van der Waals surface area contributed by atoms with E-state index in [4.69, 9.17) is 4.74 Å². The van der Waals surface area contributed by atoms with E-state index in [1.165, 1.54) is 5.56 Å². The Morgan fingerprint density at radius 2 is 1.89 bits per heavy atom. The van der Waals surface area contributed by atoms with Crippen LogP contribution in [-0.4, -0.2) is 45.1 Å². The van der Waals surface area contributed by atoms with Crippen LogP contribution in [0.4, 0.5) is 5.82 Å². The van der Waals surface area contributed by atoms with E-state index in [1.54, 1.807) is 4.52 Å². The van der Waals surface area contributed by atoms with E-state index in [1.807, 2.05) is 19.1 Å². The van der Waals surface area contributed by atoms with Gasteiger partial charge in [-0.3, -0.25) is 0 Å². The number of nitrogens with zero attached hydrogens (tertiary/aromatic N) is 4. The Kier molecular flexibility index (Phi) is 5.05. The fourth-order valence-electron chi connectivity index (χ4n) is 3.67. The molecule has 1 aliphatic rings. The van der Waals surface area contributed by atoms with Crippen LogP contribution in [0.3, 0.4) is 0 Å². The third kappa shape index (κ3) is 3.94. The molecule has 7 nitrogen and oxygen atoms in total. The smallest absolute Gasteiger partial charge is 0.178 e. The van der Waals surface area contributed by atoms with Gasteiger partial charge in [0.1, 0.15) is 5.82 Å². The van der Waals surface area contributed by atoms with Crippen molar-refractivity contribution in [2.45, 2.75) is 38.3 Å². The third-order valence-electron chi connectivity index (χ3n) is 5.30. The molecule has 0 spiro atoms. The van der Waals surface area contributed by atoms with Gasteiger partial charge in [-0.1, -0.05) is 30.3 Å². The fourth-order valence-corrected chi connectivity index (χ4v) is 3.67. The van der Waals surface area contributed by atoms with Crippen LogP contribution in [0.15, 0.2) is 42.5 Å². The van der Waals surface area contributed by atoms with Crippen molar-refractivity contribution in [3.05, 3.63) is 53.9 Å². The minimum absolute atomic E-state index is 0.0353. The molecule has 0 bridgehead atoms. The van der Waals surface area contributed by atoms with E-state index in [2.05, 4.69) is 63.2 Å². The molecule has 1 aromatic carbocycles. The van der Waals surface area contributed by atoms with E-state index < -0.39 is 0 Å². The monoisotopic (exact) mass is 366 g/mol. The molecule has 3 aromatic rings. The van der Waals surface area contributed by atoms with Gasteiger partial charge >= 0.3 is 0 Å². The van der Waals surface area contributed by atoms with Gasteiger partial charge in [-0.25, -0.2) is 0 Å². The summed E-state index contributed by atoms with van der Waals surface area (Å²) in [5, 5.41) is 20.1. The minimum atomic E-state index is -0.0353. The Hall–Kier alpha value is -2.51. The topological polar surface area (TPSA) is 76.4 Å². The van der Waals surface area contributed by atoms with Crippen molar-refractivity contribution in [1.82, 2.24) is 25.1 Å². The van der Waals surface area contributed by atoms with Crippen LogP contribution in [-0.2, 0) is 4.74 Å². The quantitative estimate of drug-likeness (QED) is 0.699. The van der Waals surface area contributed by atoms with Crippen LogP contribution < -0.4 is 10.6 Å². The van der Waals surface area contributed by atoms with Crippen LogP contribution in [0.25, 0.3) is 5.65 Å². The number of hydrogen-bond acceptors (Lipinski definition) is 6. The van der Waals surface area contributed by atoms with E-state index in [9.17, 15) is 0 Å². The minimum Gasteiger partial charge on any atom is -0.381 e. The third-order valence-corrected chi connectivity index (χ3v) is 5.30. The fraction of sp³-hybridized carbons (Fsp3) is 0.450. The van der Waals surface area contributed by atoms with Gasteiger partial charge in [-0.2, -0.15) is 4.52 Å². The summed E-state index contributed by atoms with van der Waals surface area (Å²) >= 11 is 0. The highest BCUT2D eigenvalue weighted by Crippen LogP contribution is 2.26. The van der Waals surface area contributed by atoms with Crippen LogP contribution in [0.5, 0.6) is 0 Å². The highest BCUT2D eigenvalue weighted by Gasteiger charge is 2.34. The molecule has 4 rings (SSSR count). The Bertz CT molecular complexity index is 888. The SMILES string of the molecule is Cc1nnc2ccc(NCC3(NC(C)c4ccccc4)CCOCC3)nn12. The van der Waals surface area contributed by atoms with Crippen molar-refractivity contribution in [2.75, 3.05) is 25.1 Å². The van der Waals surface area contributed by atoms with E-state index in [0.29, 0.717) is 0 Å². The van der Waals surface area contributed by atoms with Crippen molar-refractivity contribution in [2.24, 2.45) is 0 Å². The Morgan fingerprint density at radius 3 is 2.67 bits per heavy atom. The van der Waals surface area contributed by atoms with Crippen LogP contribution in [0, 0.1) is 6.92 Å². The molecule has 2 N–H and O–H groups in total. The summed E-state index contributed by atoms with van der Waals surface area (Å²) < 4.78 is 7.39. The molecule has 1 fully saturated rings. The zero-order valence-corrected chi connectivity index (χ0v) is 15.9. The number of aryl methyl sites for hydroxylation is 1. The zero-order chi connectivity index (χ0) is 18.7. The number of anilines is 1. The maximum absolute atomic E-state index is 5.62. The summed E-state index contributed by atoms with van der Waals surface area (Å²) in [7, 11) is 0. The van der Waals surface area contributed by atoms with Crippen LogP contribution in [0.1, 0.15) is 37.2 Å². The first-order valence-electron chi connectivity index (χ1n) is 9.49. The molecule has 27 heavy (non-hydrogen) atoms. The number of hydrogen-bond donors (Lipinski definition) is 2. The lowest BCUT2D eigenvalue weighted by Crippen LogP contribution is -2.54. The standard InChI is InChI=1S/C20H26N6O/c1-15(17-6-4-3-5-7-17)22-20(10-12-27-13-11-20)14-21-18-8-9-19-24-23-16(2)26(19)25-18/h3-9,15,22H,10-14H2,1-2H3,(H,21,25). The highest BCUT2D eigenvalue weighted by molar-refractivity contribution is 5.44. The molecule has 0 saturated carbocycles. The normalized spacial score (nSPS) is 17.7. The lowest BCUT2D eigenvalue weighted by atomic mass is 9.88. The number of aromatic nitrogens is 4. The molecule has 142 valence electrons. The lowest BCUT2D eigenvalue weighted by molar-refractivity contribution is 0.0389. The van der Waals surface area contributed by atoms with Gasteiger partial charge in [0.2, 0.25) is 0 Å². The Balaban J connectivity index is 1.50. The molecule has 1 atom stereocenters. The Labute approximate surface area is 159 Å². The van der Waals surface area contributed by atoms with E-state index >= 15 is 0 Å². The van der Waals surface area contributed by atoms with E-state index in [-0.39, 0.29) is 11.6 Å². The second kappa shape index (κ2) is 7.62. The highest BCUT2D eigenvalue weighted by atomic mass is 16.5. The van der Waals surface area contributed by atoms with Gasteiger partial charge in [0.05, 0.1) is 0 Å². The van der Waals surface area contributed by atoms with Crippen molar-refractivity contribution >= 4 is 11.5 Å². The summed E-state index contributed by atoms with van der Waals surface area (Å²) in [6, 6.07) is 14.7. The Morgan fingerprint density at radius 1 is 1.11 bits per heavy atom. The summed E-state index contributed by atoms with van der Waals surface area (Å²) in [5.41, 5.74) is 2.02. The summed E-state index contributed by atoms with van der Waals surface area (Å²) in [5.74, 6) is 1.61. The van der Waals surface area contributed by atoms with Gasteiger partial charge in [0.15, 0.2) is 11.5 Å². The average molecular weight is 366 g/mol. The number of fused-ring (bicyclic) bond motifs is 1. The summed E-state index contributed by atoms with van der Waals surface area (Å²) in [4.78, 5) is 0. The first kappa shape index (κ1) is 17.9. The maximum Gasteiger partial charge on any atom is 0.178 e. The molecule has 0 aliphatic carbocycles. The second-order valence-electron chi connectivity index (χ2n) is 7.26. The van der Waals surface area contributed by atoms with Crippen molar-refractivity contribution in [1.29, 1.82) is 0 Å². The van der Waals surface area contributed by atoms with Gasteiger partial charge < -0.3 is 15.4 Å². The first-order valence-corrected chi connectivity index (χ1v) is 9.49. The molecule has 1 saturated heterocycles. The molecule has 2 aromatic heterocycles. The van der Waals surface area contributed by atoms with Gasteiger partial charge in [0, 0.05) is 31.3 Å². The predicted molar refractivity (Wildman–Crippen MR) is 105 cm³/mol. The van der Waals surface area contributed by atoms with Gasteiger partial charge in [-0.15, -0.1) is 15.3 Å². The molecule has 7 heteroatoms. The predicted octanol–water partition coefficient (Wildman–Crippen LogP) is 2.74. The molecule has 0 radical (unpaired) electrons. The van der Waals surface area contributed by atoms with E-state index in [0.717, 1.165) is 49.9 Å². The maximum atomic E-state index is 5.62. The number of ether oxygens (including phenoxy) is 1. The number of benzene rings is 1. The summed E-state index contributed by atoms with van der Waals surface area (Å²) in [6.45, 7) is 6.45. The molecule has 1 aliphatic heterocycles. The number of nitrogens with one attached hydrogen (secondary N) is 2. The molecule has 3 heterocycles. The lowest BCUT2D eigenvalue weighted by Gasteiger charge is -2.40. The van der Waals surface area contributed by atoms with Crippen molar-refractivity contribution in [3.8, 4) is 0 Å². The van der Waals surface area contributed by atoms with Crippen molar-refractivity contribution in [3.63, 3.8) is 0 Å². The average Bonchev–Trinajstić information content (AvgIpc) is 3.08. The van der Waals surface area contributed by atoms with Crippen LogP contribution >= 0.6 is 0 Å². The molecular formula is C20H26N6O. The largest absolute Gasteiger partial charge is 0.381 e. The molecule has 1 unspecified atom stereocenters.